The summed E-state index contributed by atoms with van der Waals surface area (Å²) in [4.78, 5) is 11.7. The Morgan fingerprint density at radius 2 is 2.06 bits per heavy atom. The predicted molar refractivity (Wildman–Crippen MR) is 71.2 cm³/mol. The zero-order chi connectivity index (χ0) is 12.9. The van der Waals surface area contributed by atoms with Crippen molar-refractivity contribution in [3.8, 4) is 0 Å². The molecule has 0 unspecified atom stereocenters. The van der Waals surface area contributed by atoms with Gasteiger partial charge in [0.15, 0.2) is 0 Å². The number of amides is 1. The van der Waals surface area contributed by atoms with E-state index in [2.05, 4.69) is 22.4 Å². The maximum Gasteiger partial charge on any atom is 0.226 e. The molecule has 0 aliphatic heterocycles. The van der Waals surface area contributed by atoms with E-state index in [1.807, 2.05) is 20.8 Å². The molecule has 1 aromatic heterocycles. The van der Waals surface area contributed by atoms with Crippen LogP contribution in [0.15, 0.2) is 0 Å². The van der Waals surface area contributed by atoms with E-state index >= 15 is 0 Å². The van der Waals surface area contributed by atoms with E-state index in [0.717, 1.165) is 24.3 Å². The number of aromatic nitrogens is 2. The van der Waals surface area contributed by atoms with Crippen molar-refractivity contribution < 1.29 is 4.79 Å². The standard InChI is InChI=1S/C12H21N3OS/c1-5-6-7-10-14-15-11(17-10)13-9(16)8-12(2,3)4/h5-8H2,1-4H3,(H,13,15,16). The molecule has 0 saturated carbocycles. The minimum Gasteiger partial charge on any atom is -0.301 e. The molecule has 0 atom stereocenters. The van der Waals surface area contributed by atoms with Gasteiger partial charge < -0.3 is 5.32 Å². The molecule has 0 spiro atoms. The van der Waals surface area contributed by atoms with E-state index in [-0.39, 0.29) is 11.3 Å². The molecule has 0 fully saturated rings. The molecule has 17 heavy (non-hydrogen) atoms. The molecule has 0 aromatic carbocycles. The first kappa shape index (κ1) is 14.1. The number of hydrogen-bond acceptors (Lipinski definition) is 4. The fourth-order valence-corrected chi connectivity index (χ4v) is 2.18. The second-order valence-corrected chi connectivity index (χ2v) is 6.45. The van der Waals surface area contributed by atoms with E-state index < -0.39 is 0 Å². The van der Waals surface area contributed by atoms with Crippen LogP contribution in [0.4, 0.5) is 5.13 Å². The molecule has 4 nitrogen and oxygen atoms in total. The van der Waals surface area contributed by atoms with Gasteiger partial charge in [-0.1, -0.05) is 45.5 Å². The molecule has 96 valence electrons. The maximum absolute atomic E-state index is 11.7. The third-order valence-corrected chi connectivity index (χ3v) is 3.05. The molecule has 0 radical (unpaired) electrons. The number of nitrogens with one attached hydrogen (secondary N) is 1. The minimum absolute atomic E-state index is 0.000186. The SMILES string of the molecule is CCCCc1nnc(NC(=O)CC(C)(C)C)s1. The summed E-state index contributed by atoms with van der Waals surface area (Å²) in [5.74, 6) is 0.00990. The van der Waals surface area contributed by atoms with Crippen LogP contribution in [0, 0.1) is 5.41 Å². The van der Waals surface area contributed by atoms with Crippen LogP contribution in [0.2, 0.25) is 0 Å². The zero-order valence-electron chi connectivity index (χ0n) is 11.0. The van der Waals surface area contributed by atoms with Crippen LogP contribution < -0.4 is 5.32 Å². The molecule has 0 aliphatic carbocycles. The number of carbonyl (C=O) groups is 1. The molecule has 0 aliphatic rings. The first-order valence-electron chi connectivity index (χ1n) is 6.03. The molecule has 1 heterocycles. The molecular weight excluding hydrogens is 234 g/mol. The summed E-state index contributed by atoms with van der Waals surface area (Å²) in [5.41, 5.74) is -0.000186. The van der Waals surface area contributed by atoms with E-state index in [4.69, 9.17) is 0 Å². The highest BCUT2D eigenvalue weighted by Crippen LogP contribution is 2.21. The van der Waals surface area contributed by atoms with Gasteiger partial charge in [0.25, 0.3) is 0 Å². The average Bonchev–Trinajstić information content (AvgIpc) is 2.59. The van der Waals surface area contributed by atoms with Crippen molar-refractivity contribution in [2.24, 2.45) is 5.41 Å². The van der Waals surface area contributed by atoms with Crippen LogP contribution in [0.1, 0.15) is 52.0 Å². The highest BCUT2D eigenvalue weighted by molar-refractivity contribution is 7.15. The van der Waals surface area contributed by atoms with Gasteiger partial charge in [-0.2, -0.15) is 0 Å². The van der Waals surface area contributed by atoms with Gasteiger partial charge in [0, 0.05) is 12.8 Å². The number of anilines is 1. The molecule has 1 N–H and O–H groups in total. The van der Waals surface area contributed by atoms with E-state index in [0.29, 0.717) is 11.6 Å². The Morgan fingerprint density at radius 1 is 1.35 bits per heavy atom. The lowest BCUT2D eigenvalue weighted by Crippen LogP contribution is -2.19. The molecular formula is C12H21N3OS. The predicted octanol–water partition coefficient (Wildman–Crippen LogP) is 3.26. The van der Waals surface area contributed by atoms with E-state index in [1.54, 1.807) is 0 Å². The maximum atomic E-state index is 11.7. The smallest absolute Gasteiger partial charge is 0.226 e. The first-order valence-corrected chi connectivity index (χ1v) is 6.84. The van der Waals surface area contributed by atoms with Gasteiger partial charge in [0.1, 0.15) is 5.01 Å². The lowest BCUT2D eigenvalue weighted by molar-refractivity contribution is -0.117. The Labute approximate surface area is 107 Å². The highest BCUT2D eigenvalue weighted by atomic mass is 32.1. The van der Waals surface area contributed by atoms with Crippen LogP contribution in [0.5, 0.6) is 0 Å². The summed E-state index contributed by atoms with van der Waals surface area (Å²) in [5, 5.41) is 12.4. The topological polar surface area (TPSA) is 54.9 Å². The third-order valence-electron chi connectivity index (χ3n) is 2.15. The van der Waals surface area contributed by atoms with Crippen molar-refractivity contribution >= 4 is 22.4 Å². The van der Waals surface area contributed by atoms with Crippen LogP contribution in [-0.4, -0.2) is 16.1 Å². The fourth-order valence-electron chi connectivity index (χ4n) is 1.38. The number of carbonyl (C=O) groups excluding carboxylic acids is 1. The van der Waals surface area contributed by atoms with Gasteiger partial charge in [-0.15, -0.1) is 10.2 Å². The number of rotatable bonds is 5. The molecule has 0 saturated heterocycles. The van der Waals surface area contributed by atoms with Gasteiger partial charge in [-0.05, 0) is 11.8 Å². The van der Waals surface area contributed by atoms with Crippen molar-refractivity contribution in [2.45, 2.75) is 53.4 Å². The number of unbranched alkanes of at least 4 members (excludes halogenated alkanes) is 1. The Balaban J connectivity index is 2.46. The van der Waals surface area contributed by atoms with Crippen LogP contribution in [0.3, 0.4) is 0 Å². The quantitative estimate of drug-likeness (QED) is 0.878. The van der Waals surface area contributed by atoms with Crippen LogP contribution in [-0.2, 0) is 11.2 Å². The minimum atomic E-state index is -0.000186. The molecule has 1 amide bonds. The number of aryl methyl sites for hydroxylation is 1. The molecule has 0 bridgehead atoms. The Kier molecular flexibility index (Phi) is 5.05. The molecule has 1 rings (SSSR count). The summed E-state index contributed by atoms with van der Waals surface area (Å²) >= 11 is 1.47. The van der Waals surface area contributed by atoms with Gasteiger partial charge in [0.2, 0.25) is 11.0 Å². The Bertz CT molecular complexity index is 368. The third kappa shape index (κ3) is 5.77. The Morgan fingerprint density at radius 3 is 2.65 bits per heavy atom. The Hall–Kier alpha value is -0.970. The van der Waals surface area contributed by atoms with Gasteiger partial charge >= 0.3 is 0 Å². The first-order chi connectivity index (χ1) is 7.90. The fraction of sp³-hybridized carbons (Fsp3) is 0.750. The number of hydrogen-bond donors (Lipinski definition) is 1. The monoisotopic (exact) mass is 255 g/mol. The van der Waals surface area contributed by atoms with E-state index in [9.17, 15) is 4.79 Å². The van der Waals surface area contributed by atoms with Gasteiger partial charge in [-0.25, -0.2) is 0 Å². The van der Waals surface area contributed by atoms with Crippen molar-refractivity contribution in [1.29, 1.82) is 0 Å². The van der Waals surface area contributed by atoms with Gasteiger partial charge in [-0.3, -0.25) is 4.79 Å². The zero-order valence-corrected chi connectivity index (χ0v) is 11.9. The van der Waals surface area contributed by atoms with Crippen LogP contribution >= 0.6 is 11.3 Å². The highest BCUT2D eigenvalue weighted by Gasteiger charge is 2.17. The average molecular weight is 255 g/mol. The van der Waals surface area contributed by atoms with Crippen molar-refractivity contribution in [3.63, 3.8) is 0 Å². The van der Waals surface area contributed by atoms with Crippen molar-refractivity contribution in [1.82, 2.24) is 10.2 Å². The van der Waals surface area contributed by atoms with Gasteiger partial charge in [0.05, 0.1) is 0 Å². The summed E-state index contributed by atoms with van der Waals surface area (Å²) in [6.45, 7) is 8.27. The van der Waals surface area contributed by atoms with Crippen molar-refractivity contribution in [2.75, 3.05) is 5.32 Å². The lowest BCUT2D eigenvalue weighted by atomic mass is 9.92. The number of nitrogens with zero attached hydrogens (tertiary/aromatic N) is 2. The summed E-state index contributed by atoms with van der Waals surface area (Å²) in [6.07, 6.45) is 3.70. The summed E-state index contributed by atoms with van der Waals surface area (Å²) in [6, 6.07) is 0. The summed E-state index contributed by atoms with van der Waals surface area (Å²) < 4.78 is 0. The van der Waals surface area contributed by atoms with Crippen molar-refractivity contribution in [3.05, 3.63) is 5.01 Å². The van der Waals surface area contributed by atoms with Crippen LogP contribution in [0.25, 0.3) is 0 Å². The molecule has 1 aromatic rings. The lowest BCUT2D eigenvalue weighted by Gasteiger charge is -2.16. The summed E-state index contributed by atoms with van der Waals surface area (Å²) in [7, 11) is 0. The normalized spacial score (nSPS) is 11.5. The van der Waals surface area contributed by atoms with E-state index in [1.165, 1.54) is 11.3 Å². The second kappa shape index (κ2) is 6.10. The molecule has 5 heteroatoms. The second-order valence-electron chi connectivity index (χ2n) is 5.39. The largest absolute Gasteiger partial charge is 0.301 e.